The zero-order valence-corrected chi connectivity index (χ0v) is 7.85. The Bertz CT molecular complexity index is 86.1. The number of rotatable bonds is 3. The van der Waals surface area contributed by atoms with Gasteiger partial charge < -0.3 is 5.11 Å². The summed E-state index contributed by atoms with van der Waals surface area (Å²) in [7, 11) is 0. The Morgan fingerprint density at radius 2 is 2.38 bits per heavy atom. The van der Waals surface area contributed by atoms with Gasteiger partial charge in [-0.2, -0.15) is 0 Å². The van der Waals surface area contributed by atoms with Crippen molar-refractivity contribution in [2.24, 2.45) is 0 Å². The second-order valence-corrected chi connectivity index (χ2v) is 3.47. The van der Waals surface area contributed by atoms with Crippen LogP contribution in [0.2, 0.25) is 0 Å². The highest BCUT2D eigenvalue weighted by Crippen LogP contribution is 2.06. The van der Waals surface area contributed by atoms with Gasteiger partial charge in [0.05, 0.1) is 0 Å². The summed E-state index contributed by atoms with van der Waals surface area (Å²) in [5.41, 5.74) is 0. The minimum absolute atomic E-state index is 0.362. The molecule has 1 unspecified atom stereocenters. The lowest BCUT2D eigenvalue weighted by molar-refractivity contribution is -0.136. The van der Waals surface area contributed by atoms with Gasteiger partial charge >= 0.3 is 5.97 Å². The number of alkyl halides is 2. The van der Waals surface area contributed by atoms with Crippen LogP contribution in [0.25, 0.3) is 0 Å². The van der Waals surface area contributed by atoms with E-state index in [2.05, 4.69) is 38.5 Å². The van der Waals surface area contributed by atoms with E-state index >= 15 is 0 Å². The molecule has 0 aromatic rings. The second kappa shape index (κ2) is 4.55. The molecule has 0 amide bonds. The summed E-state index contributed by atoms with van der Waals surface area (Å²) in [6, 6.07) is 0. The molecule has 8 heavy (non-hydrogen) atoms. The van der Waals surface area contributed by atoms with Crippen LogP contribution in [-0.2, 0) is 4.79 Å². The molecule has 0 saturated heterocycles. The second-order valence-electron chi connectivity index (χ2n) is 1.28. The summed E-state index contributed by atoms with van der Waals surface area (Å²) in [5.74, 6) is -0.776. The predicted molar refractivity (Wildman–Crippen MR) is 43.9 cm³/mol. The van der Waals surface area contributed by atoms with E-state index in [1.165, 1.54) is 0 Å². The van der Waals surface area contributed by atoms with Crippen molar-refractivity contribution < 1.29 is 9.90 Å². The fraction of sp³-hybridized carbons (Fsp3) is 0.750. The number of carbonyl (C=O) groups is 1. The quantitative estimate of drug-likeness (QED) is 0.634. The van der Waals surface area contributed by atoms with Gasteiger partial charge in [0.2, 0.25) is 0 Å². The Kier molecular flexibility index (Phi) is 4.94. The van der Waals surface area contributed by atoms with E-state index in [9.17, 15) is 4.79 Å². The third kappa shape index (κ3) is 3.65. The lowest BCUT2D eigenvalue weighted by Crippen LogP contribution is -2.12. The summed E-state index contributed by atoms with van der Waals surface area (Å²) in [6.45, 7) is 0. The SMILES string of the molecule is O=C(O)C(Br)CCI. The minimum atomic E-state index is -0.776. The Balaban J connectivity index is 3.32. The highest BCUT2D eigenvalue weighted by Gasteiger charge is 2.10. The highest BCUT2D eigenvalue weighted by atomic mass is 127. The van der Waals surface area contributed by atoms with E-state index in [-0.39, 0.29) is 4.83 Å². The van der Waals surface area contributed by atoms with Crippen LogP contribution < -0.4 is 0 Å². The Hall–Kier alpha value is 0.680. The molecule has 0 bridgehead atoms. The largest absolute Gasteiger partial charge is 0.480 e. The first kappa shape index (κ1) is 8.68. The van der Waals surface area contributed by atoms with Crippen LogP contribution in [0.3, 0.4) is 0 Å². The monoisotopic (exact) mass is 292 g/mol. The van der Waals surface area contributed by atoms with Crippen molar-refractivity contribution in [1.29, 1.82) is 0 Å². The molecule has 4 heteroatoms. The van der Waals surface area contributed by atoms with Crippen LogP contribution >= 0.6 is 38.5 Å². The average molecular weight is 293 g/mol. The molecule has 0 aliphatic rings. The molecule has 1 N–H and O–H groups in total. The van der Waals surface area contributed by atoms with Crippen molar-refractivity contribution in [1.82, 2.24) is 0 Å². The normalized spacial score (nSPS) is 13.2. The molecule has 1 atom stereocenters. The van der Waals surface area contributed by atoms with Gasteiger partial charge in [-0.05, 0) is 6.42 Å². The topological polar surface area (TPSA) is 37.3 Å². The lowest BCUT2D eigenvalue weighted by Gasteiger charge is -1.97. The standard InChI is InChI=1S/C4H6BrIO2/c5-3(1-2-6)4(7)8/h3H,1-2H2,(H,7,8). The van der Waals surface area contributed by atoms with Crippen LogP contribution in [0.5, 0.6) is 0 Å². The number of hydrogen-bond donors (Lipinski definition) is 1. The molecule has 0 aromatic carbocycles. The van der Waals surface area contributed by atoms with Crippen LogP contribution in [0, 0.1) is 0 Å². The molecule has 0 rings (SSSR count). The Morgan fingerprint density at radius 1 is 1.88 bits per heavy atom. The van der Waals surface area contributed by atoms with Gasteiger partial charge in [-0.1, -0.05) is 38.5 Å². The van der Waals surface area contributed by atoms with Crippen LogP contribution in [0.4, 0.5) is 0 Å². The van der Waals surface area contributed by atoms with Crippen molar-refractivity contribution in [3.05, 3.63) is 0 Å². The predicted octanol–water partition coefficient (Wildman–Crippen LogP) is 1.66. The summed E-state index contributed by atoms with van der Waals surface area (Å²) in [6.07, 6.45) is 0.690. The maximum atomic E-state index is 10.0. The van der Waals surface area contributed by atoms with Crippen molar-refractivity contribution in [3.63, 3.8) is 0 Å². The highest BCUT2D eigenvalue weighted by molar-refractivity contribution is 14.1. The Labute approximate surface area is 69.9 Å². The van der Waals surface area contributed by atoms with Crippen LogP contribution in [0.15, 0.2) is 0 Å². The molecular formula is C4H6BrIO2. The van der Waals surface area contributed by atoms with Gasteiger partial charge in [-0.3, -0.25) is 4.79 Å². The number of hydrogen-bond acceptors (Lipinski definition) is 1. The first-order valence-electron chi connectivity index (χ1n) is 2.11. The van der Waals surface area contributed by atoms with E-state index in [0.29, 0.717) is 6.42 Å². The zero-order valence-electron chi connectivity index (χ0n) is 4.10. The van der Waals surface area contributed by atoms with Gasteiger partial charge in [-0.15, -0.1) is 0 Å². The molecule has 0 aliphatic heterocycles. The molecule has 2 nitrogen and oxygen atoms in total. The third-order valence-electron chi connectivity index (χ3n) is 0.631. The maximum Gasteiger partial charge on any atom is 0.317 e. The van der Waals surface area contributed by atoms with E-state index < -0.39 is 5.97 Å². The fourth-order valence-corrected chi connectivity index (χ4v) is 1.93. The first-order chi connectivity index (χ1) is 3.68. The van der Waals surface area contributed by atoms with E-state index in [4.69, 9.17) is 5.11 Å². The summed E-state index contributed by atoms with van der Waals surface area (Å²) < 4.78 is 0.875. The molecule has 0 aliphatic carbocycles. The summed E-state index contributed by atoms with van der Waals surface area (Å²) in [4.78, 5) is 9.68. The minimum Gasteiger partial charge on any atom is -0.480 e. The molecular weight excluding hydrogens is 287 g/mol. The van der Waals surface area contributed by atoms with Crippen molar-refractivity contribution in [2.75, 3.05) is 4.43 Å². The molecule has 0 heterocycles. The number of carboxylic acid groups (broad SMARTS) is 1. The molecule has 0 radical (unpaired) electrons. The average Bonchev–Trinajstić information content (AvgIpc) is 1.67. The first-order valence-corrected chi connectivity index (χ1v) is 4.55. The van der Waals surface area contributed by atoms with E-state index in [1.807, 2.05) is 0 Å². The number of carboxylic acids is 1. The summed E-state index contributed by atoms with van der Waals surface area (Å²) >= 11 is 5.14. The molecule has 0 spiro atoms. The number of halogens is 2. The lowest BCUT2D eigenvalue weighted by atomic mass is 10.3. The molecule has 0 fully saturated rings. The summed E-state index contributed by atoms with van der Waals surface area (Å²) in [5, 5.41) is 8.26. The zero-order chi connectivity index (χ0) is 6.57. The maximum absolute atomic E-state index is 10.0. The Morgan fingerprint density at radius 3 is 2.50 bits per heavy atom. The third-order valence-corrected chi connectivity index (χ3v) is 2.10. The van der Waals surface area contributed by atoms with Crippen molar-refractivity contribution >= 4 is 44.5 Å². The smallest absolute Gasteiger partial charge is 0.317 e. The van der Waals surface area contributed by atoms with Gasteiger partial charge in [0.1, 0.15) is 4.83 Å². The van der Waals surface area contributed by atoms with Gasteiger partial charge in [0, 0.05) is 4.43 Å². The molecule has 0 aromatic heterocycles. The van der Waals surface area contributed by atoms with Crippen LogP contribution in [0.1, 0.15) is 6.42 Å². The van der Waals surface area contributed by atoms with E-state index in [1.54, 1.807) is 0 Å². The fourth-order valence-electron chi connectivity index (χ4n) is 0.219. The number of aliphatic carboxylic acids is 1. The van der Waals surface area contributed by atoms with Crippen molar-refractivity contribution in [2.45, 2.75) is 11.2 Å². The van der Waals surface area contributed by atoms with Gasteiger partial charge in [0.25, 0.3) is 0 Å². The molecule has 48 valence electrons. The van der Waals surface area contributed by atoms with Gasteiger partial charge in [0.15, 0.2) is 0 Å². The molecule has 0 saturated carbocycles. The van der Waals surface area contributed by atoms with E-state index in [0.717, 1.165) is 4.43 Å². The van der Waals surface area contributed by atoms with Crippen molar-refractivity contribution in [3.8, 4) is 0 Å². The van der Waals surface area contributed by atoms with Crippen LogP contribution in [-0.4, -0.2) is 20.3 Å². The van der Waals surface area contributed by atoms with Gasteiger partial charge in [-0.25, -0.2) is 0 Å².